The number of hydrogen-bond acceptors (Lipinski definition) is 2. The van der Waals surface area contributed by atoms with Crippen LogP contribution in [0.5, 0.6) is 0 Å². The molecule has 0 aromatic heterocycles. The van der Waals surface area contributed by atoms with Crippen LogP contribution >= 0.6 is 23.2 Å². The molecule has 0 aliphatic heterocycles. The Morgan fingerprint density at radius 3 is 2.17 bits per heavy atom. The standard InChI is InChI=1S/C10H8Cl2F3N3/c11-5-2-1-3-6(12)8(5)9(10(13,14)15)18-4-7(16)17/h1-3H,4H2,(H3,16,17). The quantitative estimate of drug-likeness (QED) is 0.653. The summed E-state index contributed by atoms with van der Waals surface area (Å²) < 4.78 is 38.6. The number of nitrogens with one attached hydrogen (secondary N) is 1. The fourth-order valence-corrected chi connectivity index (χ4v) is 1.78. The van der Waals surface area contributed by atoms with Crippen LogP contribution in [-0.2, 0) is 0 Å². The van der Waals surface area contributed by atoms with Crippen molar-refractivity contribution >= 4 is 34.7 Å². The van der Waals surface area contributed by atoms with Crippen LogP contribution in [0, 0.1) is 5.41 Å². The van der Waals surface area contributed by atoms with Crippen LogP contribution in [0.15, 0.2) is 23.2 Å². The van der Waals surface area contributed by atoms with Gasteiger partial charge in [0.1, 0.15) is 11.5 Å². The van der Waals surface area contributed by atoms with Crippen molar-refractivity contribution in [2.45, 2.75) is 6.18 Å². The summed E-state index contributed by atoms with van der Waals surface area (Å²) in [5, 5.41) is 6.57. The molecule has 1 aromatic carbocycles. The Labute approximate surface area is 111 Å². The molecule has 0 amide bonds. The third-order valence-corrected chi connectivity index (χ3v) is 2.51. The Kier molecular flexibility index (Phi) is 4.59. The van der Waals surface area contributed by atoms with Gasteiger partial charge in [0, 0.05) is 5.56 Å². The minimum atomic E-state index is -4.73. The fraction of sp³-hybridized carbons (Fsp3) is 0.200. The van der Waals surface area contributed by atoms with E-state index in [1.807, 2.05) is 0 Å². The van der Waals surface area contributed by atoms with Crippen LogP contribution in [0.25, 0.3) is 0 Å². The van der Waals surface area contributed by atoms with Gasteiger partial charge in [0.15, 0.2) is 0 Å². The highest BCUT2D eigenvalue weighted by Gasteiger charge is 2.38. The molecular formula is C10H8Cl2F3N3. The molecule has 18 heavy (non-hydrogen) atoms. The highest BCUT2D eigenvalue weighted by Crippen LogP contribution is 2.32. The monoisotopic (exact) mass is 297 g/mol. The molecule has 0 bridgehead atoms. The summed E-state index contributed by atoms with van der Waals surface area (Å²) in [6.07, 6.45) is -4.73. The first-order valence-electron chi connectivity index (χ1n) is 4.62. The molecule has 98 valence electrons. The van der Waals surface area contributed by atoms with Crippen molar-refractivity contribution < 1.29 is 13.2 Å². The number of rotatable bonds is 3. The van der Waals surface area contributed by atoms with Gasteiger partial charge in [0.25, 0.3) is 0 Å². The van der Waals surface area contributed by atoms with Gasteiger partial charge in [-0.05, 0) is 12.1 Å². The predicted molar refractivity (Wildman–Crippen MR) is 65.8 cm³/mol. The number of aliphatic imine (C=N–C) groups is 1. The van der Waals surface area contributed by atoms with E-state index in [0.717, 1.165) is 0 Å². The number of benzene rings is 1. The zero-order chi connectivity index (χ0) is 13.9. The van der Waals surface area contributed by atoms with Gasteiger partial charge in [0.2, 0.25) is 0 Å². The predicted octanol–water partition coefficient (Wildman–Crippen LogP) is 3.28. The average molecular weight is 298 g/mol. The van der Waals surface area contributed by atoms with E-state index in [0.29, 0.717) is 0 Å². The van der Waals surface area contributed by atoms with Gasteiger partial charge >= 0.3 is 6.18 Å². The van der Waals surface area contributed by atoms with Crippen LogP contribution in [-0.4, -0.2) is 24.3 Å². The first-order chi connectivity index (χ1) is 8.23. The van der Waals surface area contributed by atoms with Crippen LogP contribution in [0.2, 0.25) is 10.0 Å². The van der Waals surface area contributed by atoms with Crippen molar-refractivity contribution in [2.75, 3.05) is 6.54 Å². The van der Waals surface area contributed by atoms with Crippen molar-refractivity contribution in [3.8, 4) is 0 Å². The second kappa shape index (κ2) is 5.58. The second-order valence-corrected chi connectivity index (χ2v) is 4.10. The summed E-state index contributed by atoms with van der Waals surface area (Å²) in [5.41, 5.74) is 3.33. The molecule has 0 aliphatic carbocycles. The zero-order valence-corrected chi connectivity index (χ0v) is 10.4. The lowest BCUT2D eigenvalue weighted by atomic mass is 10.1. The van der Waals surface area contributed by atoms with Crippen molar-refractivity contribution in [2.24, 2.45) is 10.7 Å². The normalized spacial score (nSPS) is 12.6. The average Bonchev–Trinajstić information content (AvgIpc) is 2.20. The van der Waals surface area contributed by atoms with Gasteiger partial charge in [-0.1, -0.05) is 29.3 Å². The third-order valence-electron chi connectivity index (χ3n) is 1.88. The van der Waals surface area contributed by atoms with E-state index in [9.17, 15) is 13.2 Å². The van der Waals surface area contributed by atoms with Gasteiger partial charge in [-0.25, -0.2) is 0 Å². The van der Waals surface area contributed by atoms with Crippen molar-refractivity contribution in [1.82, 2.24) is 0 Å². The number of halogens is 5. The summed E-state index contributed by atoms with van der Waals surface area (Å²) in [6, 6.07) is 3.97. The maximum Gasteiger partial charge on any atom is 0.433 e. The second-order valence-electron chi connectivity index (χ2n) is 3.28. The van der Waals surface area contributed by atoms with E-state index in [-0.39, 0.29) is 10.0 Å². The Balaban J connectivity index is 3.36. The smallest absolute Gasteiger partial charge is 0.386 e. The van der Waals surface area contributed by atoms with E-state index in [2.05, 4.69) is 4.99 Å². The highest BCUT2D eigenvalue weighted by atomic mass is 35.5. The lowest BCUT2D eigenvalue weighted by Gasteiger charge is -2.13. The SMILES string of the molecule is N=C(N)CN=C(c1c(Cl)cccc1Cl)C(F)(F)F. The van der Waals surface area contributed by atoms with Crippen molar-refractivity contribution in [1.29, 1.82) is 5.41 Å². The molecule has 1 aromatic rings. The largest absolute Gasteiger partial charge is 0.433 e. The van der Waals surface area contributed by atoms with Crippen molar-refractivity contribution in [3.63, 3.8) is 0 Å². The summed E-state index contributed by atoms with van der Waals surface area (Å²) in [5.74, 6) is -0.486. The Bertz CT molecular complexity index is 477. The lowest BCUT2D eigenvalue weighted by molar-refractivity contribution is -0.0581. The Morgan fingerprint density at radius 1 is 1.28 bits per heavy atom. The molecule has 0 aliphatic rings. The maximum absolute atomic E-state index is 12.9. The summed E-state index contributed by atoms with van der Waals surface area (Å²) in [6.45, 7) is -0.573. The number of hydrogen-bond donors (Lipinski definition) is 2. The molecule has 3 N–H and O–H groups in total. The van der Waals surface area contributed by atoms with Gasteiger partial charge in [-0.3, -0.25) is 10.4 Å². The first kappa shape index (κ1) is 14.8. The van der Waals surface area contributed by atoms with E-state index >= 15 is 0 Å². The summed E-state index contributed by atoms with van der Waals surface area (Å²) in [4.78, 5) is 3.26. The van der Waals surface area contributed by atoms with Crippen LogP contribution in [0.4, 0.5) is 13.2 Å². The van der Waals surface area contributed by atoms with Crippen molar-refractivity contribution in [3.05, 3.63) is 33.8 Å². The Hall–Kier alpha value is -1.27. The maximum atomic E-state index is 12.9. The van der Waals surface area contributed by atoms with E-state index in [1.165, 1.54) is 18.2 Å². The molecular weight excluding hydrogens is 290 g/mol. The summed E-state index contributed by atoms with van der Waals surface area (Å²) >= 11 is 11.4. The third kappa shape index (κ3) is 3.61. The zero-order valence-electron chi connectivity index (χ0n) is 8.85. The molecule has 0 unspecified atom stereocenters. The molecule has 0 heterocycles. The molecule has 0 radical (unpaired) electrons. The number of nitrogens with two attached hydrogens (primary N) is 1. The molecule has 0 saturated heterocycles. The number of amidine groups is 1. The molecule has 8 heteroatoms. The van der Waals surface area contributed by atoms with Crippen LogP contribution < -0.4 is 5.73 Å². The minimum absolute atomic E-state index is 0.165. The van der Waals surface area contributed by atoms with Gasteiger partial charge in [0.05, 0.1) is 16.6 Å². The summed E-state index contributed by atoms with van der Waals surface area (Å²) in [7, 11) is 0. The van der Waals surface area contributed by atoms with Gasteiger partial charge in [-0.2, -0.15) is 13.2 Å². The molecule has 0 atom stereocenters. The van der Waals surface area contributed by atoms with Crippen LogP contribution in [0.3, 0.4) is 0 Å². The number of alkyl halides is 3. The van der Waals surface area contributed by atoms with Gasteiger partial charge in [-0.15, -0.1) is 0 Å². The first-order valence-corrected chi connectivity index (χ1v) is 5.38. The number of nitrogens with zero attached hydrogens (tertiary/aromatic N) is 1. The van der Waals surface area contributed by atoms with E-state index in [4.69, 9.17) is 34.3 Å². The van der Waals surface area contributed by atoms with E-state index < -0.39 is 29.8 Å². The molecule has 0 spiro atoms. The van der Waals surface area contributed by atoms with E-state index in [1.54, 1.807) is 0 Å². The molecule has 0 saturated carbocycles. The highest BCUT2D eigenvalue weighted by molar-refractivity contribution is 6.40. The Morgan fingerprint density at radius 2 is 1.78 bits per heavy atom. The van der Waals surface area contributed by atoms with Gasteiger partial charge < -0.3 is 5.73 Å². The fourth-order valence-electron chi connectivity index (χ4n) is 1.20. The molecule has 3 nitrogen and oxygen atoms in total. The minimum Gasteiger partial charge on any atom is -0.386 e. The van der Waals surface area contributed by atoms with Crippen LogP contribution in [0.1, 0.15) is 5.56 Å². The molecule has 0 fully saturated rings. The molecule has 1 rings (SSSR count). The topological polar surface area (TPSA) is 62.2 Å². The lowest BCUT2D eigenvalue weighted by Crippen LogP contribution is -2.27.